The van der Waals surface area contributed by atoms with Gasteiger partial charge in [0.1, 0.15) is 5.82 Å². The minimum atomic E-state index is -0.309. The number of benzene rings is 3. The third-order valence-corrected chi connectivity index (χ3v) is 4.78. The van der Waals surface area contributed by atoms with Crippen LogP contribution in [-0.2, 0) is 4.79 Å². The Labute approximate surface area is 180 Å². The molecule has 1 heterocycles. The summed E-state index contributed by atoms with van der Waals surface area (Å²) in [4.78, 5) is 12.5. The largest absolute Gasteiger partial charge is 0.322 e. The van der Waals surface area contributed by atoms with Crippen LogP contribution in [-0.4, -0.2) is 15.7 Å². The van der Waals surface area contributed by atoms with Crippen LogP contribution in [0.2, 0.25) is 0 Å². The molecule has 0 unspecified atom stereocenters. The predicted molar refractivity (Wildman–Crippen MR) is 123 cm³/mol. The topological polar surface area (TPSA) is 46.9 Å². The molecule has 0 saturated heterocycles. The maximum Gasteiger partial charge on any atom is 0.248 e. The van der Waals surface area contributed by atoms with E-state index in [9.17, 15) is 9.18 Å². The summed E-state index contributed by atoms with van der Waals surface area (Å²) >= 11 is 0. The summed E-state index contributed by atoms with van der Waals surface area (Å²) in [5.74, 6) is -0.543. The van der Waals surface area contributed by atoms with Crippen molar-refractivity contribution in [3.8, 4) is 16.9 Å². The Morgan fingerprint density at radius 1 is 0.968 bits per heavy atom. The fourth-order valence-electron chi connectivity index (χ4n) is 3.45. The Morgan fingerprint density at radius 3 is 2.32 bits per heavy atom. The minimum Gasteiger partial charge on any atom is -0.322 e. The van der Waals surface area contributed by atoms with Crippen LogP contribution in [0.5, 0.6) is 0 Å². The number of nitrogens with one attached hydrogen (secondary N) is 1. The van der Waals surface area contributed by atoms with Crippen molar-refractivity contribution in [2.75, 3.05) is 5.32 Å². The molecule has 0 fully saturated rings. The standard InChI is InChI=1S/C26H22FN3O/c1-18-14-19(2)16-23(15-18)28-25(31)13-10-21-17-30(24-6-4-3-5-7-24)29-26(21)20-8-11-22(27)12-9-20/h3-17H,1-2H3,(H,28,31). The molecule has 1 amide bonds. The molecule has 5 heteroatoms. The predicted octanol–water partition coefficient (Wildman–Crippen LogP) is 5.95. The monoisotopic (exact) mass is 411 g/mol. The van der Waals surface area contributed by atoms with Gasteiger partial charge in [-0.2, -0.15) is 5.10 Å². The lowest BCUT2D eigenvalue weighted by atomic mass is 10.1. The van der Waals surface area contributed by atoms with Crippen LogP contribution in [0.4, 0.5) is 10.1 Å². The molecule has 4 rings (SSSR count). The van der Waals surface area contributed by atoms with E-state index in [-0.39, 0.29) is 11.7 Å². The molecule has 1 N–H and O–H groups in total. The van der Waals surface area contributed by atoms with Crippen molar-refractivity contribution in [2.24, 2.45) is 0 Å². The average molecular weight is 411 g/mol. The number of hydrogen-bond donors (Lipinski definition) is 1. The molecular weight excluding hydrogens is 389 g/mol. The van der Waals surface area contributed by atoms with Crippen LogP contribution in [0.3, 0.4) is 0 Å². The SMILES string of the molecule is Cc1cc(C)cc(NC(=O)C=Cc2cn(-c3ccccc3)nc2-c2ccc(F)cc2)c1. The maximum atomic E-state index is 13.4. The van der Waals surface area contributed by atoms with E-state index in [0.717, 1.165) is 33.6 Å². The second-order valence-corrected chi connectivity index (χ2v) is 7.42. The Morgan fingerprint density at radius 2 is 1.65 bits per heavy atom. The molecule has 0 bridgehead atoms. The average Bonchev–Trinajstić information content (AvgIpc) is 3.17. The number of amides is 1. The number of aryl methyl sites for hydroxylation is 2. The fraction of sp³-hybridized carbons (Fsp3) is 0.0769. The normalized spacial score (nSPS) is 11.1. The zero-order valence-electron chi connectivity index (χ0n) is 17.3. The summed E-state index contributed by atoms with van der Waals surface area (Å²) in [6.07, 6.45) is 5.06. The highest BCUT2D eigenvalue weighted by Crippen LogP contribution is 2.25. The quantitative estimate of drug-likeness (QED) is 0.413. The highest BCUT2D eigenvalue weighted by molar-refractivity contribution is 6.02. The van der Waals surface area contributed by atoms with Crippen LogP contribution in [0.15, 0.2) is 85.1 Å². The molecule has 154 valence electrons. The van der Waals surface area contributed by atoms with Gasteiger partial charge >= 0.3 is 0 Å². The van der Waals surface area contributed by atoms with Gasteiger partial charge in [-0.1, -0.05) is 24.3 Å². The van der Waals surface area contributed by atoms with Gasteiger partial charge in [-0.15, -0.1) is 0 Å². The van der Waals surface area contributed by atoms with Crippen LogP contribution >= 0.6 is 0 Å². The lowest BCUT2D eigenvalue weighted by Gasteiger charge is -2.05. The van der Waals surface area contributed by atoms with Gasteiger partial charge in [0.2, 0.25) is 5.91 Å². The summed E-state index contributed by atoms with van der Waals surface area (Å²) < 4.78 is 15.1. The van der Waals surface area contributed by atoms with E-state index in [1.165, 1.54) is 18.2 Å². The van der Waals surface area contributed by atoms with E-state index < -0.39 is 0 Å². The molecular formula is C26H22FN3O. The number of nitrogens with zero attached hydrogens (tertiary/aromatic N) is 2. The van der Waals surface area contributed by atoms with Crippen molar-refractivity contribution in [3.63, 3.8) is 0 Å². The summed E-state index contributed by atoms with van der Waals surface area (Å²) in [7, 11) is 0. The lowest BCUT2D eigenvalue weighted by molar-refractivity contribution is -0.111. The fourth-order valence-corrected chi connectivity index (χ4v) is 3.45. The Balaban J connectivity index is 1.65. The van der Waals surface area contributed by atoms with Gasteiger partial charge in [0.15, 0.2) is 0 Å². The van der Waals surface area contributed by atoms with Crippen molar-refractivity contribution in [2.45, 2.75) is 13.8 Å². The van der Waals surface area contributed by atoms with Crippen molar-refractivity contribution in [1.29, 1.82) is 0 Å². The van der Waals surface area contributed by atoms with E-state index in [4.69, 9.17) is 0 Å². The zero-order chi connectivity index (χ0) is 21.8. The van der Waals surface area contributed by atoms with Gasteiger partial charge in [0.25, 0.3) is 0 Å². The van der Waals surface area contributed by atoms with Gasteiger partial charge < -0.3 is 5.32 Å². The summed E-state index contributed by atoms with van der Waals surface area (Å²) in [6, 6.07) is 21.8. The highest BCUT2D eigenvalue weighted by atomic mass is 19.1. The smallest absolute Gasteiger partial charge is 0.248 e. The molecule has 4 aromatic rings. The second-order valence-electron chi connectivity index (χ2n) is 7.42. The molecule has 0 aliphatic heterocycles. The number of anilines is 1. The molecule has 31 heavy (non-hydrogen) atoms. The maximum absolute atomic E-state index is 13.4. The number of halogens is 1. The number of carbonyl (C=O) groups is 1. The third-order valence-electron chi connectivity index (χ3n) is 4.78. The molecule has 0 aliphatic carbocycles. The number of para-hydroxylation sites is 1. The molecule has 0 atom stereocenters. The van der Waals surface area contributed by atoms with Crippen LogP contribution in [0.25, 0.3) is 23.0 Å². The minimum absolute atomic E-state index is 0.234. The van der Waals surface area contributed by atoms with E-state index in [1.54, 1.807) is 22.9 Å². The first-order valence-corrected chi connectivity index (χ1v) is 9.96. The van der Waals surface area contributed by atoms with E-state index in [2.05, 4.69) is 16.5 Å². The first kappa shape index (κ1) is 20.3. The summed E-state index contributed by atoms with van der Waals surface area (Å²) in [5, 5.41) is 7.57. The Hall–Kier alpha value is -3.99. The Kier molecular flexibility index (Phi) is 5.76. The zero-order valence-corrected chi connectivity index (χ0v) is 17.3. The molecule has 0 radical (unpaired) electrons. The van der Waals surface area contributed by atoms with Crippen LogP contribution in [0.1, 0.15) is 16.7 Å². The number of aromatic nitrogens is 2. The van der Waals surface area contributed by atoms with Gasteiger partial charge in [-0.05, 0) is 79.6 Å². The molecule has 4 nitrogen and oxygen atoms in total. The molecule has 0 spiro atoms. The second kappa shape index (κ2) is 8.79. The van der Waals surface area contributed by atoms with Gasteiger partial charge in [-0.3, -0.25) is 4.79 Å². The molecule has 0 saturated carbocycles. The molecule has 0 aliphatic rings. The van der Waals surface area contributed by atoms with Crippen molar-refractivity contribution < 1.29 is 9.18 Å². The van der Waals surface area contributed by atoms with Gasteiger partial charge in [-0.25, -0.2) is 9.07 Å². The first-order chi connectivity index (χ1) is 15.0. The van der Waals surface area contributed by atoms with Crippen molar-refractivity contribution >= 4 is 17.7 Å². The van der Waals surface area contributed by atoms with Gasteiger partial charge in [0.05, 0.1) is 11.4 Å². The Bertz CT molecular complexity index is 1220. The van der Waals surface area contributed by atoms with E-state index in [0.29, 0.717) is 5.69 Å². The van der Waals surface area contributed by atoms with Crippen LogP contribution in [0, 0.1) is 19.7 Å². The third kappa shape index (κ3) is 4.95. The van der Waals surface area contributed by atoms with Crippen LogP contribution < -0.4 is 5.32 Å². The highest BCUT2D eigenvalue weighted by Gasteiger charge is 2.11. The number of hydrogen-bond acceptors (Lipinski definition) is 2. The summed E-state index contributed by atoms with van der Waals surface area (Å²) in [6.45, 7) is 3.98. The first-order valence-electron chi connectivity index (χ1n) is 9.96. The number of rotatable bonds is 5. The molecule has 3 aromatic carbocycles. The van der Waals surface area contributed by atoms with Gasteiger partial charge in [0, 0.05) is 29.1 Å². The van der Waals surface area contributed by atoms with Crippen molar-refractivity contribution in [3.05, 3.63) is 108 Å². The lowest BCUT2D eigenvalue weighted by Crippen LogP contribution is -2.08. The number of carbonyl (C=O) groups excluding carboxylic acids is 1. The molecule has 1 aromatic heterocycles. The summed E-state index contributed by atoms with van der Waals surface area (Å²) in [5.41, 5.74) is 6.01. The van der Waals surface area contributed by atoms with E-state index >= 15 is 0 Å². The van der Waals surface area contributed by atoms with Crippen molar-refractivity contribution in [1.82, 2.24) is 9.78 Å². The van der Waals surface area contributed by atoms with E-state index in [1.807, 2.05) is 62.5 Å².